The van der Waals surface area contributed by atoms with Crippen LogP contribution < -0.4 is 15.4 Å². The topological polar surface area (TPSA) is 97.0 Å². The minimum absolute atomic E-state index is 0.320. The lowest BCUT2D eigenvalue weighted by molar-refractivity contribution is 0.119. The Labute approximate surface area is 210 Å². The van der Waals surface area contributed by atoms with Gasteiger partial charge in [-0.05, 0) is 93.8 Å². The van der Waals surface area contributed by atoms with Crippen molar-refractivity contribution >= 4 is 21.9 Å². The number of carbonyl (C=O) groups is 1. The van der Waals surface area contributed by atoms with E-state index >= 15 is 0 Å². The molecule has 2 saturated heterocycles. The van der Waals surface area contributed by atoms with Crippen molar-refractivity contribution in [3.05, 3.63) is 28.3 Å². The summed E-state index contributed by atoms with van der Waals surface area (Å²) >= 11 is 0. The van der Waals surface area contributed by atoms with Crippen LogP contribution in [0.4, 0.5) is 10.5 Å². The summed E-state index contributed by atoms with van der Waals surface area (Å²) in [7, 11) is 3.85. The van der Waals surface area contributed by atoms with Crippen LogP contribution in [0.3, 0.4) is 0 Å². The largest absolute Gasteiger partial charge is 0.333 e. The summed E-state index contributed by atoms with van der Waals surface area (Å²) in [6.45, 7) is 5.93. The second-order valence-electron chi connectivity index (χ2n) is 10.8. The van der Waals surface area contributed by atoms with Crippen LogP contribution in [-0.4, -0.2) is 96.0 Å². The van der Waals surface area contributed by atoms with Gasteiger partial charge < -0.3 is 20.4 Å². The van der Waals surface area contributed by atoms with Gasteiger partial charge in [-0.3, -0.25) is 0 Å². The van der Waals surface area contributed by atoms with Crippen LogP contribution in [0.25, 0.3) is 0 Å². The van der Waals surface area contributed by atoms with Gasteiger partial charge in [0, 0.05) is 52.0 Å². The van der Waals surface area contributed by atoms with Crippen LogP contribution in [-0.2, 0) is 35.9 Å². The monoisotopic (exact) mass is 506 g/mol. The summed E-state index contributed by atoms with van der Waals surface area (Å²) in [5, 5.41) is 6.04. The maximum absolute atomic E-state index is 12.5. The van der Waals surface area contributed by atoms with Crippen molar-refractivity contribution in [3.8, 4) is 0 Å². The molecule has 35 heavy (non-hydrogen) atoms. The molecule has 2 aliphatic heterocycles. The Morgan fingerprint density at radius 1 is 0.971 bits per heavy atom. The van der Waals surface area contributed by atoms with Crippen molar-refractivity contribution in [2.24, 2.45) is 11.8 Å². The first-order valence-corrected chi connectivity index (χ1v) is 14.3. The zero-order valence-electron chi connectivity index (χ0n) is 21.7. The highest BCUT2D eigenvalue weighted by molar-refractivity contribution is 7.87. The summed E-state index contributed by atoms with van der Waals surface area (Å²) < 4.78 is 28.4. The summed E-state index contributed by atoms with van der Waals surface area (Å²) in [5.41, 5.74) is 5.84. The van der Waals surface area contributed by atoms with Crippen LogP contribution in [0, 0.1) is 11.8 Å². The molecule has 1 aromatic rings. The van der Waals surface area contributed by atoms with E-state index in [-0.39, 0.29) is 0 Å². The smallest absolute Gasteiger partial charge is 0.319 e. The Hall–Kier alpha value is -1.72. The SMILES string of the molecule is CN1CC(CN(C)S(=O)(=O)NC(=O)Nc2c3c(cc4c2CCC4)CCC3)C1.CNCC1CN(C)C1. The van der Waals surface area contributed by atoms with Gasteiger partial charge in [0.15, 0.2) is 0 Å². The second-order valence-corrected chi connectivity index (χ2v) is 12.6. The van der Waals surface area contributed by atoms with Crippen LogP contribution in [0.2, 0.25) is 0 Å². The zero-order chi connectivity index (χ0) is 25.2. The number of benzene rings is 1. The first kappa shape index (κ1) is 26.3. The predicted molar refractivity (Wildman–Crippen MR) is 140 cm³/mol. The van der Waals surface area contributed by atoms with Gasteiger partial charge >= 0.3 is 16.2 Å². The molecule has 0 bridgehead atoms. The molecule has 10 heteroatoms. The molecule has 9 nitrogen and oxygen atoms in total. The number of fused-ring (bicyclic) bond motifs is 2. The predicted octanol–water partition coefficient (Wildman–Crippen LogP) is 1.29. The summed E-state index contributed by atoms with van der Waals surface area (Å²) in [5.74, 6) is 1.24. The van der Waals surface area contributed by atoms with Gasteiger partial charge in [0.2, 0.25) is 0 Å². The molecule has 4 aliphatic rings. The van der Waals surface area contributed by atoms with E-state index in [0.29, 0.717) is 12.5 Å². The van der Waals surface area contributed by atoms with E-state index in [1.165, 1.54) is 53.2 Å². The highest BCUT2D eigenvalue weighted by Gasteiger charge is 2.30. The van der Waals surface area contributed by atoms with Gasteiger partial charge in [-0.2, -0.15) is 12.7 Å². The van der Waals surface area contributed by atoms with Gasteiger partial charge in [-0.1, -0.05) is 6.07 Å². The second kappa shape index (κ2) is 11.1. The van der Waals surface area contributed by atoms with E-state index in [0.717, 1.165) is 63.2 Å². The standard InChI is InChI=1S/C19H28N4O3S.C6H14N2/c1-22-10-13(11-22)12-23(2)27(25,26)21-19(24)20-18-16-7-3-5-14(16)9-15-6-4-8-17(15)18;1-7-3-6-4-8(2)5-6/h9,13H,3-8,10-12H2,1-2H3,(H2,20,21,24);6-7H,3-5H2,1-2H3. The Morgan fingerprint density at radius 3 is 2.03 bits per heavy atom. The summed E-state index contributed by atoms with van der Waals surface area (Å²) in [6, 6.07) is 1.62. The zero-order valence-corrected chi connectivity index (χ0v) is 22.5. The fourth-order valence-corrected chi connectivity index (χ4v) is 6.80. The van der Waals surface area contributed by atoms with Crippen molar-refractivity contribution < 1.29 is 13.2 Å². The maximum atomic E-state index is 12.5. The average molecular weight is 507 g/mol. The molecule has 0 radical (unpaired) electrons. The first-order chi connectivity index (χ1) is 16.7. The third-order valence-electron chi connectivity index (χ3n) is 7.63. The third-order valence-corrected chi connectivity index (χ3v) is 9.04. The van der Waals surface area contributed by atoms with Gasteiger partial charge in [0.05, 0.1) is 0 Å². The molecule has 1 aromatic carbocycles. The molecule has 2 heterocycles. The van der Waals surface area contributed by atoms with Crippen molar-refractivity contribution in [2.75, 3.05) is 72.8 Å². The number of aryl methyl sites for hydroxylation is 2. The highest BCUT2D eigenvalue weighted by Crippen LogP contribution is 2.38. The summed E-state index contributed by atoms with van der Waals surface area (Å²) in [6.07, 6.45) is 6.14. The van der Waals surface area contributed by atoms with Crippen LogP contribution >= 0.6 is 0 Å². The molecule has 0 aromatic heterocycles. The van der Waals surface area contributed by atoms with Crippen molar-refractivity contribution in [2.45, 2.75) is 38.5 Å². The number of nitrogens with zero attached hydrogens (tertiary/aromatic N) is 3. The van der Waals surface area contributed by atoms with Crippen LogP contribution in [0.5, 0.6) is 0 Å². The number of anilines is 1. The quantitative estimate of drug-likeness (QED) is 0.516. The van der Waals surface area contributed by atoms with E-state index in [1.807, 2.05) is 14.1 Å². The number of carbonyl (C=O) groups excluding carboxylic acids is 1. The minimum Gasteiger partial charge on any atom is -0.319 e. The molecule has 0 unspecified atom stereocenters. The fraction of sp³-hybridized carbons (Fsp3) is 0.720. The van der Waals surface area contributed by atoms with E-state index in [1.54, 1.807) is 0 Å². The van der Waals surface area contributed by atoms with Gasteiger partial charge in [-0.15, -0.1) is 0 Å². The molecule has 0 atom stereocenters. The molecule has 2 fully saturated rings. The number of hydrogen-bond donors (Lipinski definition) is 3. The van der Waals surface area contributed by atoms with Crippen molar-refractivity contribution in [3.63, 3.8) is 0 Å². The van der Waals surface area contributed by atoms with Crippen molar-refractivity contribution in [1.82, 2.24) is 24.1 Å². The number of amides is 2. The number of nitrogens with one attached hydrogen (secondary N) is 3. The third kappa shape index (κ3) is 6.35. The molecule has 2 amide bonds. The first-order valence-electron chi connectivity index (χ1n) is 12.9. The highest BCUT2D eigenvalue weighted by atomic mass is 32.2. The van der Waals surface area contributed by atoms with E-state index < -0.39 is 16.2 Å². The number of hydrogen-bond acceptors (Lipinski definition) is 6. The number of rotatable bonds is 7. The van der Waals surface area contributed by atoms with E-state index in [2.05, 4.69) is 38.3 Å². The Morgan fingerprint density at radius 2 is 1.51 bits per heavy atom. The number of likely N-dealkylation sites (tertiary alicyclic amines) is 2. The van der Waals surface area contributed by atoms with Crippen LogP contribution in [0.1, 0.15) is 35.1 Å². The molecule has 196 valence electrons. The number of urea groups is 1. The Balaban J connectivity index is 0.000000308. The average Bonchev–Trinajstić information content (AvgIpc) is 3.41. The molecule has 5 rings (SSSR count). The Kier molecular flexibility index (Phi) is 8.38. The molecule has 2 aliphatic carbocycles. The molecular weight excluding hydrogens is 464 g/mol. The van der Waals surface area contributed by atoms with Gasteiger partial charge in [0.25, 0.3) is 0 Å². The van der Waals surface area contributed by atoms with Gasteiger partial charge in [-0.25, -0.2) is 9.52 Å². The molecule has 0 saturated carbocycles. The fourth-order valence-electron chi connectivity index (χ4n) is 5.95. The lowest BCUT2D eigenvalue weighted by atomic mass is 9.99. The lowest BCUT2D eigenvalue weighted by Gasteiger charge is -2.37. The van der Waals surface area contributed by atoms with Crippen molar-refractivity contribution in [1.29, 1.82) is 0 Å². The lowest BCUT2D eigenvalue weighted by Crippen LogP contribution is -2.52. The maximum Gasteiger partial charge on any atom is 0.333 e. The van der Waals surface area contributed by atoms with E-state index in [9.17, 15) is 13.2 Å². The normalized spacial score (nSPS) is 20.5. The summed E-state index contributed by atoms with van der Waals surface area (Å²) in [4.78, 5) is 17.0. The molecule has 3 N–H and O–H groups in total. The van der Waals surface area contributed by atoms with E-state index in [4.69, 9.17) is 0 Å². The van der Waals surface area contributed by atoms with Gasteiger partial charge in [0.1, 0.15) is 0 Å². The molecule has 0 spiro atoms. The molecular formula is C25H42N6O3S. The van der Waals surface area contributed by atoms with Crippen LogP contribution in [0.15, 0.2) is 6.07 Å². The minimum atomic E-state index is -3.84. The Bertz CT molecular complexity index is 984.